The lowest BCUT2D eigenvalue weighted by atomic mass is 9.96. The van der Waals surface area contributed by atoms with Crippen LogP contribution in [0.25, 0.3) is 0 Å². The van der Waals surface area contributed by atoms with E-state index in [1.165, 1.54) is 0 Å². The molecule has 1 fully saturated rings. The molecule has 2 aromatic rings. The maximum absolute atomic E-state index is 12.2. The van der Waals surface area contributed by atoms with E-state index in [1.807, 2.05) is 60.7 Å². The Kier molecular flexibility index (Phi) is 8.39. The smallest absolute Gasteiger partial charge is 0.311 e. The minimum absolute atomic E-state index is 0.158. The molecule has 1 aliphatic heterocycles. The third kappa shape index (κ3) is 6.60. The Hall–Kier alpha value is -2.29. The van der Waals surface area contributed by atoms with Crippen molar-refractivity contribution in [3.05, 3.63) is 71.8 Å². The van der Waals surface area contributed by atoms with Crippen molar-refractivity contribution in [3.63, 3.8) is 0 Å². The molecule has 1 heterocycles. The molecule has 0 bridgehead atoms. The van der Waals surface area contributed by atoms with Gasteiger partial charge in [-0.3, -0.25) is 4.79 Å². The molecule has 2 N–H and O–H groups in total. The summed E-state index contributed by atoms with van der Waals surface area (Å²) in [5.41, 5.74) is 1.13. The van der Waals surface area contributed by atoms with E-state index in [4.69, 9.17) is 18.9 Å². The maximum Gasteiger partial charge on any atom is 0.311 e. The minimum atomic E-state index is -1.40. The Morgan fingerprint density at radius 3 is 1.88 bits per heavy atom. The van der Waals surface area contributed by atoms with Crippen LogP contribution in [0.5, 0.6) is 0 Å². The van der Waals surface area contributed by atoms with Gasteiger partial charge in [-0.05, 0) is 31.9 Å². The van der Waals surface area contributed by atoms with Gasteiger partial charge >= 0.3 is 5.97 Å². The van der Waals surface area contributed by atoms with E-state index >= 15 is 0 Å². The van der Waals surface area contributed by atoms with Gasteiger partial charge in [0.05, 0.1) is 18.6 Å². The summed E-state index contributed by atoms with van der Waals surface area (Å²) in [6.07, 6.45) is -5.34. The lowest BCUT2D eigenvalue weighted by Gasteiger charge is -2.42. The minimum Gasteiger partial charge on any atom is -0.462 e. The van der Waals surface area contributed by atoms with Crippen LogP contribution >= 0.6 is 0 Å². The van der Waals surface area contributed by atoms with E-state index in [-0.39, 0.29) is 19.8 Å². The van der Waals surface area contributed by atoms with Crippen molar-refractivity contribution in [1.29, 1.82) is 0 Å². The van der Waals surface area contributed by atoms with Crippen LogP contribution in [0, 0.1) is 5.41 Å². The van der Waals surface area contributed by atoms with Gasteiger partial charge < -0.3 is 29.2 Å². The van der Waals surface area contributed by atoms with Gasteiger partial charge in [0, 0.05) is 0 Å². The fraction of sp³-hybridized carbons (Fsp3) is 0.480. The predicted octanol–water partition coefficient (Wildman–Crippen LogP) is 2.82. The highest BCUT2D eigenvalue weighted by atomic mass is 16.7. The van der Waals surface area contributed by atoms with Crippen molar-refractivity contribution in [3.8, 4) is 0 Å². The third-order valence-corrected chi connectivity index (χ3v) is 5.20. The molecule has 0 saturated carbocycles. The molecule has 7 nitrogen and oxygen atoms in total. The molecular formula is C25H32O7. The van der Waals surface area contributed by atoms with Gasteiger partial charge in [0.1, 0.15) is 31.0 Å². The molecule has 0 amide bonds. The zero-order chi connectivity index (χ0) is 23.1. The molecule has 0 aromatic heterocycles. The van der Waals surface area contributed by atoms with Gasteiger partial charge in [0.2, 0.25) is 0 Å². The highest BCUT2D eigenvalue weighted by Crippen LogP contribution is 2.27. The van der Waals surface area contributed by atoms with Crippen LogP contribution in [0.2, 0.25) is 0 Å². The second-order valence-corrected chi connectivity index (χ2v) is 8.93. The molecular weight excluding hydrogens is 412 g/mol. The standard InChI is InChI=1S/C25H32O7/c1-25(2,3)24(28)31-16-19-21(29-14-17-10-6-4-7-11-17)20(26)22(23(27)32-19)30-15-18-12-8-5-9-13-18/h4-13,19-23,26-27H,14-16H2,1-3H3/t19-,20+,21+,22-,23+/m1/s1. The molecule has 0 radical (unpaired) electrons. The number of benzene rings is 2. The first-order valence-electron chi connectivity index (χ1n) is 10.8. The van der Waals surface area contributed by atoms with Crippen molar-refractivity contribution in [2.75, 3.05) is 6.61 Å². The third-order valence-electron chi connectivity index (χ3n) is 5.20. The summed E-state index contributed by atoms with van der Waals surface area (Å²) >= 11 is 0. The summed E-state index contributed by atoms with van der Waals surface area (Å²) in [7, 11) is 0. The first-order valence-corrected chi connectivity index (χ1v) is 10.8. The lowest BCUT2D eigenvalue weighted by molar-refractivity contribution is -0.307. The number of aliphatic hydroxyl groups excluding tert-OH is 2. The number of hydrogen-bond donors (Lipinski definition) is 2. The van der Waals surface area contributed by atoms with Crippen molar-refractivity contribution in [1.82, 2.24) is 0 Å². The summed E-state index contributed by atoms with van der Waals surface area (Å²) in [4.78, 5) is 12.2. The number of carbonyl (C=O) groups is 1. The van der Waals surface area contributed by atoms with Crippen LogP contribution in [-0.4, -0.2) is 53.5 Å². The van der Waals surface area contributed by atoms with Gasteiger partial charge in [0.15, 0.2) is 6.29 Å². The van der Waals surface area contributed by atoms with Crippen molar-refractivity contribution in [2.24, 2.45) is 5.41 Å². The van der Waals surface area contributed by atoms with Gasteiger partial charge in [-0.2, -0.15) is 0 Å². The number of carbonyl (C=O) groups excluding carboxylic acids is 1. The average Bonchev–Trinajstić information content (AvgIpc) is 2.77. The van der Waals surface area contributed by atoms with Gasteiger partial charge in [-0.25, -0.2) is 0 Å². The fourth-order valence-electron chi connectivity index (χ4n) is 3.34. The summed E-state index contributed by atoms with van der Waals surface area (Å²) in [6.45, 7) is 5.50. The highest BCUT2D eigenvalue weighted by Gasteiger charge is 2.47. The number of hydrogen-bond acceptors (Lipinski definition) is 7. The van der Waals surface area contributed by atoms with E-state index in [2.05, 4.69) is 0 Å². The number of aliphatic hydroxyl groups is 2. The molecule has 2 aromatic carbocycles. The van der Waals surface area contributed by atoms with Crippen molar-refractivity contribution in [2.45, 2.75) is 64.7 Å². The number of ether oxygens (including phenoxy) is 4. The molecule has 0 spiro atoms. The van der Waals surface area contributed by atoms with Crippen LogP contribution in [0.1, 0.15) is 31.9 Å². The maximum atomic E-state index is 12.2. The van der Waals surface area contributed by atoms with E-state index in [9.17, 15) is 15.0 Å². The van der Waals surface area contributed by atoms with E-state index in [1.54, 1.807) is 20.8 Å². The molecule has 32 heavy (non-hydrogen) atoms. The quantitative estimate of drug-likeness (QED) is 0.605. The average molecular weight is 445 g/mol. The van der Waals surface area contributed by atoms with Gasteiger partial charge in [0.25, 0.3) is 0 Å². The lowest BCUT2D eigenvalue weighted by Crippen LogP contribution is -2.60. The highest BCUT2D eigenvalue weighted by molar-refractivity contribution is 5.75. The molecule has 7 heteroatoms. The molecule has 1 aliphatic rings. The summed E-state index contributed by atoms with van der Waals surface area (Å²) in [5.74, 6) is -0.408. The Bertz CT molecular complexity index is 834. The Balaban J connectivity index is 1.70. The topological polar surface area (TPSA) is 94.5 Å². The van der Waals surface area contributed by atoms with Crippen LogP contribution < -0.4 is 0 Å². The zero-order valence-corrected chi connectivity index (χ0v) is 18.7. The van der Waals surface area contributed by atoms with E-state index in [0.29, 0.717) is 0 Å². The molecule has 0 aliphatic carbocycles. The van der Waals surface area contributed by atoms with Crippen LogP contribution in [-0.2, 0) is 37.0 Å². The zero-order valence-electron chi connectivity index (χ0n) is 18.7. The van der Waals surface area contributed by atoms with Crippen molar-refractivity contribution < 1.29 is 34.0 Å². The van der Waals surface area contributed by atoms with Gasteiger partial charge in [-0.15, -0.1) is 0 Å². The largest absolute Gasteiger partial charge is 0.462 e. The summed E-state index contributed by atoms with van der Waals surface area (Å²) < 4.78 is 22.8. The fourth-order valence-corrected chi connectivity index (χ4v) is 3.34. The van der Waals surface area contributed by atoms with Crippen LogP contribution in [0.4, 0.5) is 0 Å². The molecule has 3 rings (SSSR count). The second-order valence-electron chi connectivity index (χ2n) is 8.93. The SMILES string of the molecule is CC(C)(C)C(=O)OC[C@H]1O[C@H](O)[C@H](OCc2ccccc2)[C@@H](O)[C@H]1OCc1ccccc1. The Labute approximate surface area is 188 Å². The number of esters is 1. The van der Waals surface area contributed by atoms with Crippen molar-refractivity contribution >= 4 is 5.97 Å². The van der Waals surface area contributed by atoms with Crippen LogP contribution in [0.15, 0.2) is 60.7 Å². The van der Waals surface area contributed by atoms with Crippen LogP contribution in [0.3, 0.4) is 0 Å². The van der Waals surface area contributed by atoms with Gasteiger partial charge in [-0.1, -0.05) is 60.7 Å². The second kappa shape index (κ2) is 11.0. The normalized spacial score (nSPS) is 26.0. The molecule has 5 atom stereocenters. The monoisotopic (exact) mass is 444 g/mol. The molecule has 1 saturated heterocycles. The first kappa shape index (κ1) is 24.4. The Morgan fingerprint density at radius 1 is 0.875 bits per heavy atom. The van der Waals surface area contributed by atoms with E-state index < -0.39 is 42.1 Å². The summed E-state index contributed by atoms with van der Waals surface area (Å²) in [6, 6.07) is 18.9. The van der Waals surface area contributed by atoms with E-state index in [0.717, 1.165) is 11.1 Å². The Morgan fingerprint density at radius 2 is 1.38 bits per heavy atom. The molecule has 0 unspecified atom stereocenters. The number of rotatable bonds is 8. The molecule has 174 valence electrons. The summed E-state index contributed by atoms with van der Waals surface area (Å²) in [5, 5.41) is 21.5. The predicted molar refractivity (Wildman–Crippen MR) is 117 cm³/mol. The first-order chi connectivity index (χ1) is 15.3.